The molecular weight excluding hydrogens is 352 g/mol. The van der Waals surface area contributed by atoms with E-state index in [1.807, 2.05) is 18.7 Å². The molecule has 1 aliphatic rings. The van der Waals surface area contributed by atoms with Crippen LogP contribution in [0.3, 0.4) is 0 Å². The minimum atomic E-state index is -0.0251. The lowest BCUT2D eigenvalue weighted by atomic mass is 10.1. The molecule has 2 heterocycles. The zero-order chi connectivity index (χ0) is 18.7. The molecule has 26 heavy (non-hydrogen) atoms. The summed E-state index contributed by atoms with van der Waals surface area (Å²) in [6.45, 7) is 6.18. The number of benzene rings is 1. The molecule has 0 saturated carbocycles. The molecule has 1 aromatic heterocycles. The van der Waals surface area contributed by atoms with Gasteiger partial charge in [0.2, 0.25) is 5.91 Å². The molecule has 138 valence electrons. The van der Waals surface area contributed by atoms with Crippen molar-refractivity contribution in [1.82, 2.24) is 19.8 Å². The number of aromatic nitrogens is 2. The van der Waals surface area contributed by atoms with Gasteiger partial charge in [-0.05, 0) is 25.1 Å². The predicted molar refractivity (Wildman–Crippen MR) is 99.9 cm³/mol. The van der Waals surface area contributed by atoms with E-state index in [1.54, 1.807) is 24.3 Å². The largest absolute Gasteiger partial charge is 0.349 e. The molecular formula is C19H23ClN4O2. The molecule has 3 rings (SSSR count). The summed E-state index contributed by atoms with van der Waals surface area (Å²) >= 11 is 6.01. The highest BCUT2D eigenvalue weighted by atomic mass is 35.5. The maximum absolute atomic E-state index is 12.8. The van der Waals surface area contributed by atoms with Crippen molar-refractivity contribution in [3.05, 3.63) is 52.1 Å². The second-order valence-electron chi connectivity index (χ2n) is 6.28. The van der Waals surface area contributed by atoms with Gasteiger partial charge in [-0.3, -0.25) is 9.59 Å². The molecule has 0 unspecified atom stereocenters. The molecule has 6 nitrogen and oxygen atoms in total. The number of nitrogens with one attached hydrogen (secondary N) is 1. The topological polar surface area (TPSA) is 67.2 Å². The molecule has 0 atom stereocenters. The fraction of sp³-hybridized carbons (Fsp3) is 0.421. The van der Waals surface area contributed by atoms with E-state index in [1.165, 1.54) is 0 Å². The Bertz CT molecular complexity index is 831. The van der Waals surface area contributed by atoms with Gasteiger partial charge in [-0.2, -0.15) is 0 Å². The van der Waals surface area contributed by atoms with Crippen LogP contribution in [0.4, 0.5) is 0 Å². The van der Waals surface area contributed by atoms with Gasteiger partial charge >= 0.3 is 0 Å². The lowest BCUT2D eigenvalue weighted by Gasteiger charge is -2.27. The van der Waals surface area contributed by atoms with E-state index >= 15 is 0 Å². The van der Waals surface area contributed by atoms with Gasteiger partial charge in [0.1, 0.15) is 5.82 Å². The lowest BCUT2D eigenvalue weighted by Crippen LogP contribution is -2.36. The Kier molecular flexibility index (Phi) is 5.61. The van der Waals surface area contributed by atoms with Gasteiger partial charge in [0.25, 0.3) is 5.91 Å². The summed E-state index contributed by atoms with van der Waals surface area (Å²) < 4.78 is 2.10. The molecule has 0 fully saturated rings. The maximum Gasteiger partial charge on any atom is 0.254 e. The average molecular weight is 375 g/mol. The number of fused-ring (bicyclic) bond motifs is 1. The SMILES string of the molecule is CCC(=O)NCc1nc2c(n1CC)CN(C(=O)c1cccc(Cl)c1)CC2. The molecule has 2 amide bonds. The summed E-state index contributed by atoms with van der Waals surface area (Å²) in [5, 5.41) is 3.44. The Labute approximate surface area is 158 Å². The molecule has 0 bridgehead atoms. The van der Waals surface area contributed by atoms with Crippen molar-refractivity contribution in [2.75, 3.05) is 6.54 Å². The zero-order valence-electron chi connectivity index (χ0n) is 15.1. The maximum atomic E-state index is 12.8. The van der Waals surface area contributed by atoms with Crippen molar-refractivity contribution in [3.63, 3.8) is 0 Å². The molecule has 0 spiro atoms. The van der Waals surface area contributed by atoms with Crippen LogP contribution in [0.25, 0.3) is 0 Å². The van der Waals surface area contributed by atoms with Crippen molar-refractivity contribution < 1.29 is 9.59 Å². The van der Waals surface area contributed by atoms with E-state index in [9.17, 15) is 9.59 Å². The van der Waals surface area contributed by atoms with Crippen molar-refractivity contribution in [2.24, 2.45) is 0 Å². The molecule has 0 radical (unpaired) electrons. The van der Waals surface area contributed by atoms with Crippen molar-refractivity contribution >= 4 is 23.4 Å². The number of imidazole rings is 1. The van der Waals surface area contributed by atoms with Gasteiger partial charge in [0, 0.05) is 36.5 Å². The van der Waals surface area contributed by atoms with Crippen molar-refractivity contribution in [2.45, 2.75) is 46.3 Å². The van der Waals surface area contributed by atoms with Gasteiger partial charge in [-0.1, -0.05) is 24.6 Å². The Morgan fingerprint density at radius 2 is 2.12 bits per heavy atom. The Hall–Kier alpha value is -2.34. The summed E-state index contributed by atoms with van der Waals surface area (Å²) in [6.07, 6.45) is 1.16. The van der Waals surface area contributed by atoms with Crippen LogP contribution in [0.1, 0.15) is 47.8 Å². The Morgan fingerprint density at radius 1 is 1.31 bits per heavy atom. The van der Waals surface area contributed by atoms with Crippen LogP contribution < -0.4 is 5.32 Å². The molecule has 1 N–H and O–H groups in total. The van der Waals surface area contributed by atoms with Gasteiger partial charge in [-0.15, -0.1) is 0 Å². The number of carbonyl (C=O) groups is 2. The number of hydrogen-bond donors (Lipinski definition) is 1. The second-order valence-corrected chi connectivity index (χ2v) is 6.72. The first-order valence-electron chi connectivity index (χ1n) is 8.92. The first-order valence-corrected chi connectivity index (χ1v) is 9.30. The fourth-order valence-corrected chi connectivity index (χ4v) is 3.45. The van der Waals surface area contributed by atoms with E-state index in [2.05, 4.69) is 9.88 Å². The minimum absolute atomic E-state index is 0.00591. The molecule has 1 aliphatic heterocycles. The van der Waals surface area contributed by atoms with Crippen LogP contribution in [-0.4, -0.2) is 32.8 Å². The standard InChI is InChI=1S/C19H23ClN4O2/c1-3-18(25)21-11-17-22-15-8-9-23(12-16(15)24(17)4-2)19(26)13-6-5-7-14(20)10-13/h5-7,10H,3-4,8-9,11-12H2,1-2H3,(H,21,25). The van der Waals surface area contributed by atoms with Gasteiger partial charge < -0.3 is 14.8 Å². The highest BCUT2D eigenvalue weighted by Crippen LogP contribution is 2.23. The van der Waals surface area contributed by atoms with E-state index in [4.69, 9.17) is 16.6 Å². The first kappa shape index (κ1) is 18.5. The smallest absolute Gasteiger partial charge is 0.254 e. The summed E-state index contributed by atoms with van der Waals surface area (Å²) in [5.41, 5.74) is 2.66. The molecule has 2 aromatic rings. The monoisotopic (exact) mass is 374 g/mol. The Balaban J connectivity index is 1.80. The highest BCUT2D eigenvalue weighted by Gasteiger charge is 2.27. The number of amides is 2. The third-order valence-electron chi connectivity index (χ3n) is 4.63. The summed E-state index contributed by atoms with van der Waals surface area (Å²) in [7, 11) is 0. The summed E-state index contributed by atoms with van der Waals surface area (Å²) in [5.74, 6) is 0.825. The van der Waals surface area contributed by atoms with Crippen LogP contribution in [0, 0.1) is 0 Å². The zero-order valence-corrected chi connectivity index (χ0v) is 15.8. The van der Waals surface area contributed by atoms with E-state index in [0.717, 1.165) is 23.8 Å². The van der Waals surface area contributed by atoms with Crippen LogP contribution >= 0.6 is 11.6 Å². The van der Waals surface area contributed by atoms with Crippen LogP contribution in [-0.2, 0) is 30.8 Å². The molecule has 0 saturated heterocycles. The number of halogens is 1. The van der Waals surface area contributed by atoms with Crippen molar-refractivity contribution in [1.29, 1.82) is 0 Å². The lowest BCUT2D eigenvalue weighted by molar-refractivity contribution is -0.120. The van der Waals surface area contributed by atoms with Crippen molar-refractivity contribution in [3.8, 4) is 0 Å². The van der Waals surface area contributed by atoms with E-state index in [-0.39, 0.29) is 11.8 Å². The highest BCUT2D eigenvalue weighted by molar-refractivity contribution is 6.30. The molecule has 1 aromatic carbocycles. The van der Waals surface area contributed by atoms with E-state index in [0.29, 0.717) is 43.1 Å². The number of carbonyl (C=O) groups excluding carboxylic acids is 2. The van der Waals surface area contributed by atoms with Crippen LogP contribution in [0.5, 0.6) is 0 Å². The normalized spacial score (nSPS) is 13.4. The van der Waals surface area contributed by atoms with E-state index < -0.39 is 0 Å². The van der Waals surface area contributed by atoms with Gasteiger partial charge in [0.05, 0.1) is 24.5 Å². The summed E-state index contributed by atoms with van der Waals surface area (Å²) in [4.78, 5) is 30.9. The minimum Gasteiger partial charge on any atom is -0.349 e. The molecule has 0 aliphatic carbocycles. The van der Waals surface area contributed by atoms with Gasteiger partial charge in [-0.25, -0.2) is 4.98 Å². The molecule has 7 heteroatoms. The number of rotatable bonds is 5. The summed E-state index contributed by atoms with van der Waals surface area (Å²) in [6, 6.07) is 7.03. The fourth-order valence-electron chi connectivity index (χ4n) is 3.26. The average Bonchev–Trinajstić information content (AvgIpc) is 3.01. The Morgan fingerprint density at radius 3 is 2.81 bits per heavy atom. The number of nitrogens with zero attached hydrogens (tertiary/aromatic N) is 3. The third kappa shape index (κ3) is 3.75. The second kappa shape index (κ2) is 7.91. The van der Waals surface area contributed by atoms with Gasteiger partial charge in [0.15, 0.2) is 0 Å². The van der Waals surface area contributed by atoms with Crippen LogP contribution in [0.2, 0.25) is 5.02 Å². The first-order chi connectivity index (χ1) is 12.5. The number of hydrogen-bond acceptors (Lipinski definition) is 3. The predicted octanol–water partition coefficient (Wildman–Crippen LogP) is 2.78. The third-order valence-corrected chi connectivity index (χ3v) is 4.87. The van der Waals surface area contributed by atoms with Crippen LogP contribution in [0.15, 0.2) is 24.3 Å². The quantitative estimate of drug-likeness (QED) is 0.875.